The quantitative estimate of drug-likeness (QED) is 0.560. The lowest BCUT2D eigenvalue weighted by atomic mass is 10.3. The molecule has 0 nitrogen and oxygen atoms in total. The van der Waals surface area contributed by atoms with E-state index in [2.05, 4.69) is 41.5 Å². The topological polar surface area (TPSA) is 0 Å². The summed E-state index contributed by atoms with van der Waals surface area (Å²) < 4.78 is 1.54. The van der Waals surface area contributed by atoms with Gasteiger partial charge in [-0.3, -0.25) is 0 Å². The molecular formula is C9H18S3. The van der Waals surface area contributed by atoms with Gasteiger partial charge in [-0.1, -0.05) is 53.8 Å². The molecule has 12 heavy (non-hydrogen) atoms. The van der Waals surface area contributed by atoms with Gasteiger partial charge in [0.1, 0.15) is 3.53 Å². The molecule has 0 aliphatic heterocycles. The molecule has 0 fully saturated rings. The van der Waals surface area contributed by atoms with Crippen molar-refractivity contribution in [3.8, 4) is 0 Å². The van der Waals surface area contributed by atoms with Gasteiger partial charge < -0.3 is 0 Å². The first kappa shape index (κ1) is 12.8. The number of thiocarbonyl (C=S) groups is 1. The van der Waals surface area contributed by atoms with Crippen molar-refractivity contribution >= 4 is 39.3 Å². The van der Waals surface area contributed by atoms with E-state index in [0.717, 1.165) is 3.53 Å². The molecule has 0 aliphatic rings. The van der Waals surface area contributed by atoms with Crippen LogP contribution in [-0.4, -0.2) is 13.0 Å². The maximum atomic E-state index is 5.28. The lowest BCUT2D eigenvalue weighted by Gasteiger charge is -2.22. The Balaban J connectivity index is 3.92. The van der Waals surface area contributed by atoms with E-state index >= 15 is 0 Å². The van der Waals surface area contributed by atoms with Crippen LogP contribution < -0.4 is 0 Å². The van der Waals surface area contributed by atoms with Crippen molar-refractivity contribution in [1.82, 2.24) is 0 Å². The zero-order valence-electron chi connectivity index (χ0n) is 8.72. The summed E-state index contributed by atoms with van der Waals surface area (Å²) in [5.41, 5.74) is 0. The van der Waals surface area contributed by atoms with Crippen LogP contribution in [0.25, 0.3) is 0 Å². The van der Waals surface area contributed by atoms with Crippen LogP contribution in [0.5, 0.6) is 0 Å². The van der Waals surface area contributed by atoms with Crippen molar-refractivity contribution in [1.29, 1.82) is 0 Å². The van der Waals surface area contributed by atoms with Gasteiger partial charge in [0.2, 0.25) is 0 Å². The van der Waals surface area contributed by atoms with Crippen LogP contribution in [-0.2, 0) is 0 Å². The third-order valence-corrected chi connectivity index (χ3v) is 3.34. The predicted octanol–water partition coefficient (Wildman–Crippen LogP) is 4.33. The largest absolute Gasteiger partial charge is 0.105 e. The van der Waals surface area contributed by atoms with Crippen molar-refractivity contribution in [2.75, 3.05) is 0 Å². The predicted molar refractivity (Wildman–Crippen MR) is 67.3 cm³/mol. The Morgan fingerprint density at radius 1 is 0.833 bits per heavy atom. The van der Waals surface area contributed by atoms with Crippen LogP contribution in [0.1, 0.15) is 41.5 Å². The Kier molecular flexibility index (Phi) is 4.62. The second kappa shape index (κ2) is 4.34. The van der Waals surface area contributed by atoms with Crippen LogP contribution in [0, 0.1) is 0 Å². The van der Waals surface area contributed by atoms with Gasteiger partial charge in [0.05, 0.1) is 0 Å². The molecule has 0 rings (SSSR count). The molecule has 0 unspecified atom stereocenters. The maximum Gasteiger partial charge on any atom is 0.105 e. The highest BCUT2D eigenvalue weighted by molar-refractivity contribution is 8.47. The van der Waals surface area contributed by atoms with E-state index in [0.29, 0.717) is 0 Å². The fraction of sp³-hybridized carbons (Fsp3) is 0.889. The molecule has 0 heterocycles. The fourth-order valence-corrected chi connectivity index (χ4v) is 4.69. The second-order valence-electron chi connectivity index (χ2n) is 4.68. The summed E-state index contributed by atoms with van der Waals surface area (Å²) in [4.78, 5) is 0. The third-order valence-electron chi connectivity index (χ3n) is 0.779. The number of thioether (sulfide) groups is 2. The normalized spacial score (nSPS) is 13.2. The third kappa shape index (κ3) is 8.88. The van der Waals surface area contributed by atoms with Crippen LogP contribution in [0.3, 0.4) is 0 Å². The van der Waals surface area contributed by atoms with E-state index in [9.17, 15) is 0 Å². The highest BCUT2D eigenvalue weighted by Gasteiger charge is 2.19. The molecule has 0 N–H and O–H groups in total. The summed E-state index contributed by atoms with van der Waals surface area (Å²) in [6.45, 7) is 13.1. The van der Waals surface area contributed by atoms with E-state index in [1.165, 1.54) is 0 Å². The second-order valence-corrected chi connectivity index (χ2v) is 9.54. The molecule has 0 saturated heterocycles. The minimum Gasteiger partial charge on any atom is -0.102 e. The van der Waals surface area contributed by atoms with Crippen LogP contribution >= 0.6 is 35.7 Å². The van der Waals surface area contributed by atoms with Crippen molar-refractivity contribution in [3.63, 3.8) is 0 Å². The van der Waals surface area contributed by atoms with Crippen LogP contribution in [0.2, 0.25) is 0 Å². The average molecular weight is 222 g/mol. The standard InChI is InChI=1S/C9H18S3/c1-8(2,3)11-7(10)12-9(4,5)6/h1-6H3. The lowest BCUT2D eigenvalue weighted by molar-refractivity contribution is 0.807. The van der Waals surface area contributed by atoms with E-state index in [4.69, 9.17) is 12.2 Å². The zero-order chi connectivity index (χ0) is 9.99. The van der Waals surface area contributed by atoms with Crippen molar-refractivity contribution in [2.45, 2.75) is 51.0 Å². The fourth-order valence-electron chi connectivity index (χ4n) is 0.521. The summed E-state index contributed by atoms with van der Waals surface area (Å²) in [7, 11) is 0. The van der Waals surface area contributed by atoms with E-state index < -0.39 is 0 Å². The van der Waals surface area contributed by atoms with Gasteiger partial charge in [-0.15, -0.1) is 23.5 Å². The molecule has 0 aromatic rings. The first-order valence-electron chi connectivity index (χ1n) is 4.02. The van der Waals surface area contributed by atoms with Crippen LogP contribution in [0.15, 0.2) is 0 Å². The molecule has 0 atom stereocenters. The Hall–Kier alpha value is 0.790. The first-order chi connectivity index (χ1) is 5.10. The zero-order valence-corrected chi connectivity index (χ0v) is 11.2. The smallest absolute Gasteiger partial charge is 0.102 e. The van der Waals surface area contributed by atoms with Crippen LogP contribution in [0.4, 0.5) is 0 Å². The van der Waals surface area contributed by atoms with E-state index in [1.807, 2.05) is 0 Å². The number of rotatable bonds is 0. The Labute approximate surface area is 90.3 Å². The van der Waals surface area contributed by atoms with Crippen molar-refractivity contribution < 1.29 is 0 Å². The molecule has 0 aliphatic carbocycles. The van der Waals surface area contributed by atoms with Gasteiger partial charge in [0.15, 0.2) is 0 Å². The number of hydrogen-bond donors (Lipinski definition) is 0. The SMILES string of the molecule is CC(C)(C)SC(=S)SC(C)(C)C. The summed E-state index contributed by atoms with van der Waals surface area (Å²) in [6, 6.07) is 0. The molecule has 0 radical (unpaired) electrons. The molecule has 0 aromatic heterocycles. The van der Waals surface area contributed by atoms with Gasteiger partial charge in [-0.25, -0.2) is 0 Å². The Bertz CT molecular complexity index is 142. The average Bonchev–Trinajstić information content (AvgIpc) is 1.49. The summed E-state index contributed by atoms with van der Waals surface area (Å²) >= 11 is 8.83. The highest BCUT2D eigenvalue weighted by Crippen LogP contribution is 2.35. The van der Waals surface area contributed by atoms with Gasteiger partial charge >= 0.3 is 0 Å². The molecule has 0 saturated carbocycles. The maximum absolute atomic E-state index is 5.28. The van der Waals surface area contributed by atoms with Gasteiger partial charge in [0, 0.05) is 9.49 Å². The van der Waals surface area contributed by atoms with E-state index in [1.54, 1.807) is 23.5 Å². The van der Waals surface area contributed by atoms with Gasteiger partial charge in [-0.05, 0) is 0 Å². The van der Waals surface area contributed by atoms with Crippen molar-refractivity contribution in [3.05, 3.63) is 0 Å². The lowest BCUT2D eigenvalue weighted by Crippen LogP contribution is -2.14. The van der Waals surface area contributed by atoms with E-state index in [-0.39, 0.29) is 9.49 Å². The molecule has 72 valence electrons. The molecular weight excluding hydrogens is 204 g/mol. The monoisotopic (exact) mass is 222 g/mol. The molecule has 0 spiro atoms. The van der Waals surface area contributed by atoms with Gasteiger partial charge in [-0.2, -0.15) is 0 Å². The minimum absolute atomic E-state index is 0.245. The first-order valence-corrected chi connectivity index (χ1v) is 6.06. The Morgan fingerprint density at radius 2 is 1.08 bits per heavy atom. The van der Waals surface area contributed by atoms with Gasteiger partial charge in [0.25, 0.3) is 0 Å². The molecule has 0 aromatic carbocycles. The summed E-state index contributed by atoms with van der Waals surface area (Å²) in [5, 5.41) is 0. The summed E-state index contributed by atoms with van der Waals surface area (Å²) in [6.07, 6.45) is 0. The van der Waals surface area contributed by atoms with Crippen molar-refractivity contribution in [2.24, 2.45) is 0 Å². The number of hydrogen-bond acceptors (Lipinski definition) is 3. The molecule has 0 bridgehead atoms. The Morgan fingerprint density at radius 3 is 1.25 bits per heavy atom. The molecule has 3 heteroatoms. The summed E-state index contributed by atoms with van der Waals surface area (Å²) in [5.74, 6) is 0. The highest BCUT2D eigenvalue weighted by atomic mass is 32.2. The molecule has 0 amide bonds. The minimum atomic E-state index is 0.245.